The standard InChI is InChI=1S/C36H51N15O23P4/c1-39-26-18-27(41-10-40-26)49(11-42-18)34-24(66-4)25(75(57,58)67-8-16-22(53)23(54)33(71-16)50-12-43-19-28(50)44-35(37)46-30(19)55)17(72-34)9-69-77(61,62)74-78(63,64)73-76(59,60)68-7-15-14(5-6-65-3)21(52)32(70-15)51-13-48(2)20-29(51)45-36(38)47-31(20)56/h10-17,21-25,32-34,52-54H,5-9H2,1-4H3,(H10-,37,38,39,40,41,44,45,46,47,55,56,57,58,59,60,61,62,63,64)/t14-,15-,16-,17-,21-,22-,23-,24-,25-,32-,33-,34-/m1/s1. The van der Waals surface area contributed by atoms with Gasteiger partial charge in [0.2, 0.25) is 17.7 Å². The van der Waals surface area contributed by atoms with Crippen molar-refractivity contribution in [2.24, 2.45) is 13.0 Å². The van der Waals surface area contributed by atoms with E-state index in [9.17, 15) is 62.7 Å². The Morgan fingerprint density at radius 2 is 1.38 bits per heavy atom. The number of aliphatic hydroxyl groups is 3. The number of imidazole rings is 3. The summed E-state index contributed by atoms with van der Waals surface area (Å²) in [7, 11) is -18.1. The van der Waals surface area contributed by atoms with Gasteiger partial charge in [0.1, 0.15) is 50.0 Å². The maximum absolute atomic E-state index is 14.4. The number of anilines is 3. The highest BCUT2D eigenvalue weighted by atomic mass is 31.3. The monoisotopic (exact) mass is 1190 g/mol. The van der Waals surface area contributed by atoms with Gasteiger partial charge in [0.25, 0.3) is 17.1 Å². The fourth-order valence-electron chi connectivity index (χ4n) is 9.34. The molecule has 4 unspecified atom stereocenters. The summed E-state index contributed by atoms with van der Waals surface area (Å²) >= 11 is 0. The fraction of sp³-hybridized carbons (Fsp3) is 0.583. The zero-order chi connectivity index (χ0) is 56.4. The van der Waals surface area contributed by atoms with E-state index >= 15 is 0 Å². The van der Waals surface area contributed by atoms with Gasteiger partial charge in [-0.15, -0.1) is 0 Å². The average molecular weight is 1190 g/mol. The minimum atomic E-state index is -6.20. The first-order valence-electron chi connectivity index (χ1n) is 22.8. The van der Waals surface area contributed by atoms with Crippen LogP contribution in [0.1, 0.15) is 25.1 Å². The number of ether oxygens (including phenoxy) is 5. The van der Waals surface area contributed by atoms with E-state index in [4.69, 9.17) is 48.7 Å². The lowest BCUT2D eigenvalue weighted by Gasteiger charge is -2.35. The number of aromatic amines is 2. The number of aryl methyl sites for hydroxylation is 1. The molecule has 78 heavy (non-hydrogen) atoms. The lowest BCUT2D eigenvalue weighted by molar-refractivity contribution is -0.745. The van der Waals surface area contributed by atoms with Gasteiger partial charge in [-0.2, -0.15) is 13.6 Å². The van der Waals surface area contributed by atoms with Crippen molar-refractivity contribution < 1.29 is 104 Å². The summed E-state index contributed by atoms with van der Waals surface area (Å²) in [5.41, 5.74) is 7.94. The molecular weight excluding hydrogens is 1130 g/mol. The summed E-state index contributed by atoms with van der Waals surface area (Å²) in [6.45, 7) is -3.24. The predicted octanol–water partition coefficient (Wildman–Crippen LogP) is -3.52. The molecule has 0 aromatic carbocycles. The number of fused-ring (bicyclic) bond motifs is 3. The second-order valence-electron chi connectivity index (χ2n) is 17.6. The minimum Gasteiger partial charge on any atom is -0.778 e. The number of H-pyrrole nitrogens is 2. The van der Waals surface area contributed by atoms with Crippen molar-refractivity contribution in [3.8, 4) is 0 Å². The Balaban J connectivity index is 0.896. The maximum Gasteiger partial charge on any atom is 0.490 e. The number of nitrogen functional groups attached to an aromatic ring is 2. The number of hydrogen-bond acceptors (Lipinski definition) is 29. The lowest BCUT2D eigenvalue weighted by atomic mass is 9.95. The van der Waals surface area contributed by atoms with Crippen molar-refractivity contribution in [3.05, 3.63) is 46.0 Å². The molecule has 0 amide bonds. The van der Waals surface area contributed by atoms with Crippen LogP contribution in [0.15, 0.2) is 34.9 Å². The highest BCUT2D eigenvalue weighted by molar-refractivity contribution is 7.66. The molecular formula is C36H51N15O23P4. The van der Waals surface area contributed by atoms with Crippen molar-refractivity contribution in [1.29, 1.82) is 0 Å². The average Bonchev–Trinajstić information content (AvgIpc) is 4.30. The summed E-state index contributed by atoms with van der Waals surface area (Å²) < 4.78 is 112. The van der Waals surface area contributed by atoms with Gasteiger partial charge < -0.3 is 84.5 Å². The summed E-state index contributed by atoms with van der Waals surface area (Å²) in [5, 5.41) is 36.2. The van der Waals surface area contributed by atoms with Gasteiger partial charge in [-0.05, 0) is 6.42 Å². The number of methoxy groups -OCH3 is 2. The van der Waals surface area contributed by atoms with Crippen molar-refractivity contribution in [3.63, 3.8) is 0 Å². The number of hydrogen-bond donors (Lipinski definition) is 11. The molecule has 13 N–H and O–H groups in total. The number of nitrogens with zero attached hydrogens (tertiary/aromatic N) is 10. The molecule has 0 spiro atoms. The zero-order valence-corrected chi connectivity index (χ0v) is 44.4. The number of aliphatic hydroxyl groups excluding tert-OH is 3. The Hall–Kier alpha value is -5.11. The van der Waals surface area contributed by atoms with E-state index in [1.165, 1.54) is 47.6 Å². The predicted molar refractivity (Wildman–Crippen MR) is 255 cm³/mol. The van der Waals surface area contributed by atoms with Crippen LogP contribution in [0.2, 0.25) is 0 Å². The molecule has 42 heteroatoms. The molecule has 3 aliphatic heterocycles. The summed E-state index contributed by atoms with van der Waals surface area (Å²) in [4.78, 5) is 101. The third-order valence-electron chi connectivity index (χ3n) is 12.8. The molecule has 428 valence electrons. The number of nitrogens with two attached hydrogens (primary N) is 2. The topological polar surface area (TPSA) is 531 Å². The van der Waals surface area contributed by atoms with Crippen molar-refractivity contribution >= 4 is 82.3 Å². The second kappa shape index (κ2) is 22.1. The number of rotatable bonds is 22. The fourth-order valence-corrected chi connectivity index (χ4v) is 14.6. The molecule has 3 fully saturated rings. The van der Waals surface area contributed by atoms with E-state index in [2.05, 4.69) is 53.8 Å². The van der Waals surface area contributed by atoms with Crippen molar-refractivity contribution in [1.82, 2.24) is 53.6 Å². The third-order valence-corrected chi connectivity index (χ3v) is 18.9. The van der Waals surface area contributed by atoms with Crippen LogP contribution in [0.5, 0.6) is 0 Å². The normalized spacial score (nSPS) is 29.7. The van der Waals surface area contributed by atoms with Crippen LogP contribution in [0, 0.1) is 5.92 Å². The number of phosphoric ester groups is 2. The first kappa shape index (κ1) is 57.6. The number of aromatic nitrogens is 12. The third kappa shape index (κ3) is 11.3. The van der Waals surface area contributed by atoms with E-state index in [1.807, 2.05) is 0 Å². The molecule has 6 aromatic rings. The van der Waals surface area contributed by atoms with E-state index in [0.717, 1.165) is 24.3 Å². The number of phosphoric acid groups is 3. The van der Waals surface area contributed by atoms with Gasteiger partial charge in [-0.1, -0.05) is 4.98 Å². The SMILES string of the molecule is CNc1ncnc2c1ncn2[C@@H]1O[C@H](COP(=O)(O)OP(=O)(O)OP(=O)(O)OC[C@H]2O[C@@H]([n+]3cn(C)c4c(=O)[nH]c(N)nc43)[C@H](O)[C@@H]2CCOC)[C@@H](P(=O)([O-])OC[C@H]2O[C@@H](n3cnc4c(=O)[nH]c(N)nc43)[C@H](O)[C@@H]2O)[C@H]1OC. The van der Waals surface area contributed by atoms with Crippen LogP contribution < -0.4 is 37.4 Å². The first-order valence-corrected chi connectivity index (χ1v) is 28.9. The molecule has 0 radical (unpaired) electrons. The summed E-state index contributed by atoms with van der Waals surface area (Å²) in [5.74, 6) is -1.28. The van der Waals surface area contributed by atoms with Crippen LogP contribution in [0.3, 0.4) is 0 Å². The molecule has 9 heterocycles. The Labute approximate surface area is 435 Å². The summed E-state index contributed by atoms with van der Waals surface area (Å²) in [6.07, 6.45) is -11.1. The highest BCUT2D eigenvalue weighted by Gasteiger charge is 2.55. The molecule has 6 aromatic heterocycles. The zero-order valence-electron chi connectivity index (χ0n) is 40.8. The van der Waals surface area contributed by atoms with Gasteiger partial charge in [-0.25, -0.2) is 38.2 Å². The van der Waals surface area contributed by atoms with E-state index < -0.39 is 135 Å². The van der Waals surface area contributed by atoms with Crippen molar-refractivity contribution in [2.45, 2.75) is 73.5 Å². The molecule has 0 saturated carbocycles. The van der Waals surface area contributed by atoms with Crippen molar-refractivity contribution in [2.75, 3.05) is 64.5 Å². The van der Waals surface area contributed by atoms with Crippen LogP contribution in [0.25, 0.3) is 33.5 Å². The van der Waals surface area contributed by atoms with Gasteiger partial charge in [0, 0.05) is 33.8 Å². The van der Waals surface area contributed by atoms with Crippen LogP contribution in [0.4, 0.5) is 17.7 Å². The highest BCUT2D eigenvalue weighted by Crippen LogP contribution is 2.68. The Bertz CT molecular complexity index is 3530. The molecule has 0 bridgehead atoms. The maximum atomic E-state index is 14.4. The van der Waals surface area contributed by atoms with E-state index in [-0.39, 0.29) is 64.2 Å². The Kier molecular flexibility index (Phi) is 16.3. The smallest absolute Gasteiger partial charge is 0.490 e. The largest absolute Gasteiger partial charge is 0.778 e. The van der Waals surface area contributed by atoms with Crippen LogP contribution >= 0.6 is 31.1 Å². The molecule has 3 saturated heterocycles. The first-order chi connectivity index (χ1) is 36.8. The van der Waals surface area contributed by atoms with E-state index in [0.29, 0.717) is 0 Å². The van der Waals surface area contributed by atoms with E-state index in [1.54, 1.807) is 0 Å². The number of nitrogens with one attached hydrogen (secondary N) is 3. The van der Waals surface area contributed by atoms with Crippen LogP contribution in [-0.4, -0.2) is 180 Å². The van der Waals surface area contributed by atoms with Gasteiger partial charge in [0.15, 0.2) is 41.4 Å². The van der Waals surface area contributed by atoms with Crippen LogP contribution in [-0.2, 0) is 71.2 Å². The second-order valence-corrected chi connectivity index (χ2v) is 24.2. The molecule has 0 aliphatic carbocycles. The quantitative estimate of drug-likeness (QED) is 0.0232. The molecule has 38 nitrogen and oxygen atoms in total. The Morgan fingerprint density at radius 1 is 0.769 bits per heavy atom. The molecule has 16 atom stereocenters. The van der Waals surface area contributed by atoms with Gasteiger partial charge >= 0.3 is 29.1 Å². The lowest BCUT2D eigenvalue weighted by Crippen LogP contribution is -2.45. The molecule has 9 rings (SSSR count). The Morgan fingerprint density at radius 3 is 2.05 bits per heavy atom. The molecule has 3 aliphatic rings. The van der Waals surface area contributed by atoms with Gasteiger partial charge in [0.05, 0.1) is 57.4 Å². The minimum absolute atomic E-state index is 0.00696. The summed E-state index contributed by atoms with van der Waals surface area (Å²) in [6, 6.07) is 0. The van der Waals surface area contributed by atoms with Gasteiger partial charge in [-0.3, -0.25) is 42.3 Å².